The van der Waals surface area contributed by atoms with E-state index >= 15 is 0 Å². The van der Waals surface area contributed by atoms with E-state index < -0.39 is 24.1 Å². The van der Waals surface area contributed by atoms with Crippen molar-refractivity contribution < 1.29 is 26.6 Å². The van der Waals surface area contributed by atoms with Crippen molar-refractivity contribution in [2.75, 3.05) is 13.0 Å². The summed E-state index contributed by atoms with van der Waals surface area (Å²) in [6.45, 7) is 4.21. The van der Waals surface area contributed by atoms with Crippen LogP contribution in [0, 0.1) is 6.92 Å². The maximum atomic E-state index is 12.1. The average molecular weight is 491 g/mol. The summed E-state index contributed by atoms with van der Waals surface area (Å²) in [5.74, 6) is 0. The molecule has 8 heteroatoms. The van der Waals surface area contributed by atoms with Crippen LogP contribution >= 0.6 is 7.60 Å². The van der Waals surface area contributed by atoms with Crippen molar-refractivity contribution in [2.24, 2.45) is 0 Å². The molecule has 1 atom stereocenters. The third kappa shape index (κ3) is 14.4. The quantitative estimate of drug-likeness (QED) is 0.117. The van der Waals surface area contributed by atoms with Gasteiger partial charge in [0.15, 0.2) is 6.35 Å². The van der Waals surface area contributed by atoms with Crippen molar-refractivity contribution in [3.8, 4) is 0 Å². The summed E-state index contributed by atoms with van der Waals surface area (Å²) in [5.41, 5.74) is 0.910. The maximum Gasteiger partial charge on any atom is 0.355 e. The number of hydrogen-bond acceptors (Lipinski definition) is 5. The van der Waals surface area contributed by atoms with Gasteiger partial charge in [0.05, 0.1) is 11.5 Å². The molecule has 1 aromatic carbocycles. The smallest absolute Gasteiger partial charge is 0.323 e. The molecule has 0 aromatic heterocycles. The Hall–Kier alpha value is -0.720. The number of rotatable bonds is 20. The van der Waals surface area contributed by atoms with Gasteiger partial charge in [-0.3, -0.25) is 8.75 Å². The zero-order chi connectivity index (χ0) is 23.7. The van der Waals surface area contributed by atoms with E-state index in [9.17, 15) is 17.9 Å². The molecular weight excluding hydrogens is 447 g/mol. The molecule has 1 N–H and O–H groups in total. The second-order valence-electron chi connectivity index (χ2n) is 8.58. The summed E-state index contributed by atoms with van der Waals surface area (Å²) in [7, 11) is -8.19. The lowest BCUT2D eigenvalue weighted by molar-refractivity contribution is 0.227. The molecule has 0 spiro atoms. The summed E-state index contributed by atoms with van der Waals surface area (Å²) in [4.78, 5) is 9.77. The Labute approximate surface area is 195 Å². The molecule has 1 unspecified atom stereocenters. The minimum atomic E-state index is -4.11. The molecule has 0 saturated carbocycles. The number of benzene rings is 1. The monoisotopic (exact) mass is 490 g/mol. The van der Waals surface area contributed by atoms with E-state index in [1.54, 1.807) is 12.1 Å². The minimum Gasteiger partial charge on any atom is -0.323 e. The van der Waals surface area contributed by atoms with Crippen LogP contribution in [0.3, 0.4) is 0 Å². The maximum absolute atomic E-state index is 12.1. The fourth-order valence-electron chi connectivity index (χ4n) is 3.45. The minimum absolute atomic E-state index is 0.0462. The first kappa shape index (κ1) is 29.3. The third-order valence-corrected chi connectivity index (χ3v) is 7.97. The Kier molecular flexibility index (Phi) is 15.4. The van der Waals surface area contributed by atoms with Crippen molar-refractivity contribution >= 4 is 17.7 Å². The molecule has 0 aliphatic rings. The summed E-state index contributed by atoms with van der Waals surface area (Å²) in [6, 6.07) is 6.09. The molecule has 32 heavy (non-hydrogen) atoms. The largest absolute Gasteiger partial charge is 0.355 e. The van der Waals surface area contributed by atoms with Crippen molar-refractivity contribution in [2.45, 2.75) is 109 Å². The van der Waals surface area contributed by atoms with E-state index in [2.05, 4.69) is 6.92 Å². The molecular formula is C24H43O6PS. The van der Waals surface area contributed by atoms with Crippen molar-refractivity contribution in [1.82, 2.24) is 0 Å². The lowest BCUT2D eigenvalue weighted by Crippen LogP contribution is -2.09. The van der Waals surface area contributed by atoms with E-state index in [1.807, 2.05) is 6.92 Å². The topological polar surface area (TPSA) is 89.9 Å². The van der Waals surface area contributed by atoms with Crippen LogP contribution in [0.1, 0.15) is 102 Å². The predicted octanol–water partition coefficient (Wildman–Crippen LogP) is 7.34. The van der Waals surface area contributed by atoms with E-state index in [4.69, 9.17) is 8.71 Å². The molecule has 0 radical (unpaired) electrons. The summed E-state index contributed by atoms with van der Waals surface area (Å²) in [5, 5.41) is 0. The van der Waals surface area contributed by atoms with Crippen molar-refractivity contribution in [3.63, 3.8) is 0 Å². The van der Waals surface area contributed by atoms with Gasteiger partial charge < -0.3 is 9.42 Å². The molecule has 0 saturated heterocycles. The highest BCUT2D eigenvalue weighted by Gasteiger charge is 2.25. The number of hydrogen-bond donors (Lipinski definition) is 1. The Morgan fingerprint density at radius 2 is 1.22 bits per heavy atom. The zero-order valence-electron chi connectivity index (χ0n) is 20.0. The van der Waals surface area contributed by atoms with Gasteiger partial charge >= 0.3 is 7.60 Å². The normalized spacial score (nSPS) is 13.8. The van der Waals surface area contributed by atoms with Crippen molar-refractivity contribution in [3.05, 3.63) is 29.8 Å². The summed E-state index contributed by atoms with van der Waals surface area (Å²) >= 11 is 0. The highest BCUT2D eigenvalue weighted by molar-refractivity contribution is 7.87. The first-order chi connectivity index (χ1) is 15.3. The second kappa shape index (κ2) is 16.8. The Morgan fingerprint density at radius 3 is 1.69 bits per heavy atom. The molecule has 0 heterocycles. The van der Waals surface area contributed by atoms with Gasteiger partial charge in [0.2, 0.25) is 0 Å². The zero-order valence-corrected chi connectivity index (χ0v) is 21.7. The Morgan fingerprint density at radius 1 is 0.781 bits per heavy atom. The lowest BCUT2D eigenvalue weighted by Gasteiger charge is -2.12. The van der Waals surface area contributed by atoms with Gasteiger partial charge in [-0.1, -0.05) is 108 Å². The highest BCUT2D eigenvalue weighted by Crippen LogP contribution is 2.42. The van der Waals surface area contributed by atoms with Gasteiger partial charge in [0.25, 0.3) is 10.1 Å². The van der Waals surface area contributed by atoms with E-state index in [-0.39, 0.29) is 11.5 Å². The molecule has 0 bridgehead atoms. The van der Waals surface area contributed by atoms with Gasteiger partial charge in [-0.15, -0.1) is 0 Å². The van der Waals surface area contributed by atoms with Crippen LogP contribution in [0.4, 0.5) is 0 Å². The molecule has 0 aliphatic heterocycles. The van der Waals surface area contributed by atoms with Crippen LogP contribution in [0.15, 0.2) is 29.2 Å². The SMILES string of the molecule is CCCCCCCCCCCCCCCCOP(=O)(O)COS(=O)(=O)c1ccc(C)cc1. The van der Waals surface area contributed by atoms with E-state index in [0.29, 0.717) is 6.42 Å². The fraction of sp³-hybridized carbons (Fsp3) is 0.750. The van der Waals surface area contributed by atoms with E-state index in [0.717, 1.165) is 18.4 Å². The van der Waals surface area contributed by atoms with Gasteiger partial charge in [-0.05, 0) is 25.5 Å². The van der Waals surface area contributed by atoms with Crippen LogP contribution in [0.5, 0.6) is 0 Å². The molecule has 0 fully saturated rings. The third-order valence-electron chi connectivity index (χ3n) is 5.47. The molecule has 1 aromatic rings. The van der Waals surface area contributed by atoms with Crippen LogP contribution < -0.4 is 0 Å². The summed E-state index contributed by atoms with van der Waals surface area (Å²) in [6.07, 6.45) is 16.3. The van der Waals surface area contributed by atoms with Gasteiger partial charge in [0.1, 0.15) is 0 Å². The molecule has 0 aliphatic carbocycles. The number of aryl methyl sites for hydroxylation is 1. The lowest BCUT2D eigenvalue weighted by atomic mass is 10.0. The van der Waals surface area contributed by atoms with Gasteiger partial charge in [-0.25, -0.2) is 0 Å². The predicted molar refractivity (Wildman–Crippen MR) is 130 cm³/mol. The first-order valence-electron chi connectivity index (χ1n) is 12.2. The average Bonchev–Trinajstić information content (AvgIpc) is 2.75. The standard InChI is InChI=1S/C24H43O6PS/c1-3-4-5-6-7-8-9-10-11-12-13-14-15-16-21-29-31(25,26)22-30-32(27,28)24-19-17-23(2)18-20-24/h17-20H,3-16,21-22H2,1-2H3,(H,25,26). The first-order valence-corrected chi connectivity index (χ1v) is 15.4. The van der Waals surface area contributed by atoms with Crippen molar-refractivity contribution in [1.29, 1.82) is 0 Å². The Bertz CT molecular complexity index is 748. The molecule has 186 valence electrons. The summed E-state index contributed by atoms with van der Waals surface area (Å²) < 4.78 is 45.9. The number of unbranched alkanes of at least 4 members (excludes halogenated alkanes) is 13. The fourth-order valence-corrected chi connectivity index (χ4v) is 5.63. The van der Waals surface area contributed by atoms with Crippen LogP contribution in [0.25, 0.3) is 0 Å². The van der Waals surface area contributed by atoms with Crippen LogP contribution in [-0.2, 0) is 23.4 Å². The second-order valence-corrected chi connectivity index (χ2v) is 12.0. The highest BCUT2D eigenvalue weighted by atomic mass is 32.2. The molecule has 1 rings (SSSR count). The van der Waals surface area contributed by atoms with Crippen LogP contribution in [0.2, 0.25) is 0 Å². The van der Waals surface area contributed by atoms with E-state index in [1.165, 1.54) is 82.8 Å². The van der Waals surface area contributed by atoms with Gasteiger partial charge in [0, 0.05) is 0 Å². The molecule has 0 amide bonds. The van der Waals surface area contributed by atoms with Crippen LogP contribution in [-0.4, -0.2) is 26.3 Å². The Balaban J connectivity index is 2.02. The van der Waals surface area contributed by atoms with Gasteiger partial charge in [-0.2, -0.15) is 8.42 Å². The molecule has 6 nitrogen and oxygen atoms in total.